The number of aromatic hydroxyl groups is 1. The third kappa shape index (κ3) is 7.11. The molecule has 3 amide bonds. The number of phenolic OH excluding ortho intramolecular Hbond substituents is 1. The summed E-state index contributed by atoms with van der Waals surface area (Å²) in [6, 6.07) is 10.0. The summed E-state index contributed by atoms with van der Waals surface area (Å²) in [6.07, 6.45) is -0.893. The molecule has 10 nitrogen and oxygen atoms in total. The molecule has 2 unspecified atom stereocenters. The summed E-state index contributed by atoms with van der Waals surface area (Å²) in [5.41, 5.74) is -0.202. The van der Waals surface area contributed by atoms with Crippen LogP contribution >= 0.6 is 0 Å². The van der Waals surface area contributed by atoms with Gasteiger partial charge < -0.3 is 35.2 Å². The van der Waals surface area contributed by atoms with Crippen molar-refractivity contribution in [1.29, 1.82) is 0 Å². The van der Waals surface area contributed by atoms with E-state index in [1.165, 1.54) is 26.3 Å². The first-order valence-corrected chi connectivity index (χ1v) is 10.6. The minimum atomic E-state index is -1.37. The largest absolute Gasteiger partial charge is 0.508 e. The molecular formula is C24H31N3O7. The van der Waals surface area contributed by atoms with Crippen LogP contribution < -0.4 is 15.4 Å². The monoisotopic (exact) mass is 473 g/mol. The summed E-state index contributed by atoms with van der Waals surface area (Å²) in [6.45, 7) is 4.25. The first-order chi connectivity index (χ1) is 16.0. The number of nitrogens with one attached hydrogen (secondary N) is 2. The second-order valence-electron chi connectivity index (χ2n) is 8.51. The number of ether oxygens (including phenoxy) is 2. The molecule has 2 rings (SSSR count). The minimum absolute atomic E-state index is 0.165. The summed E-state index contributed by atoms with van der Waals surface area (Å²) in [7, 11) is 2.86. The van der Waals surface area contributed by atoms with Crippen LogP contribution in [0.1, 0.15) is 32.4 Å². The highest BCUT2D eigenvalue weighted by molar-refractivity contribution is 5.99. The fourth-order valence-corrected chi connectivity index (χ4v) is 3.14. The average Bonchev–Trinajstić information content (AvgIpc) is 2.77. The number of carbonyl (C=O) groups excluding carboxylic acids is 3. The van der Waals surface area contributed by atoms with Gasteiger partial charge in [0.1, 0.15) is 29.2 Å². The molecule has 0 aromatic heterocycles. The van der Waals surface area contributed by atoms with Crippen LogP contribution in [0.15, 0.2) is 48.5 Å². The van der Waals surface area contributed by atoms with Crippen molar-refractivity contribution in [3.8, 4) is 11.5 Å². The lowest BCUT2D eigenvalue weighted by molar-refractivity contribution is -0.139. The first kappa shape index (κ1) is 26.5. The maximum atomic E-state index is 13.3. The van der Waals surface area contributed by atoms with Crippen molar-refractivity contribution in [3.05, 3.63) is 54.1 Å². The van der Waals surface area contributed by atoms with E-state index in [2.05, 4.69) is 10.6 Å². The van der Waals surface area contributed by atoms with Crippen LogP contribution in [0.5, 0.6) is 11.5 Å². The van der Waals surface area contributed by atoms with Crippen molar-refractivity contribution < 1.29 is 34.1 Å². The Labute approximate surface area is 198 Å². The number of hydrogen-bond donors (Lipinski definition) is 4. The van der Waals surface area contributed by atoms with Crippen molar-refractivity contribution in [3.63, 3.8) is 0 Å². The number of rotatable bonds is 8. The molecular weight excluding hydrogens is 442 g/mol. The van der Waals surface area contributed by atoms with Gasteiger partial charge >= 0.3 is 6.09 Å². The molecule has 0 aliphatic carbocycles. The SMILES string of the molecule is COc1ccc(NC(=O)C(c2ccccc2O)N(C)C(=O)C(CO)NC(=O)OC(C)(C)C)cc1. The molecule has 0 saturated heterocycles. The Balaban J connectivity index is 2.31. The summed E-state index contributed by atoms with van der Waals surface area (Å²) in [5.74, 6) is -0.970. The van der Waals surface area contributed by atoms with Crippen LogP contribution in [-0.2, 0) is 14.3 Å². The van der Waals surface area contributed by atoms with Gasteiger partial charge in [-0.1, -0.05) is 18.2 Å². The quantitative estimate of drug-likeness (QED) is 0.462. The third-order valence-electron chi connectivity index (χ3n) is 4.74. The third-order valence-corrected chi connectivity index (χ3v) is 4.74. The number of phenols is 1. The van der Waals surface area contributed by atoms with Gasteiger partial charge in [0.15, 0.2) is 0 Å². The standard InChI is InChI=1S/C24H31N3O7/c1-24(2,3)34-23(32)26-18(14-28)22(31)27(4)20(17-8-6-7-9-19(17)29)21(30)25-15-10-12-16(33-5)13-11-15/h6-13,18,20,28-29H,14H2,1-5H3,(H,25,30)(H,26,32). The first-order valence-electron chi connectivity index (χ1n) is 10.6. The number of anilines is 1. The molecule has 0 fully saturated rings. The van der Waals surface area contributed by atoms with Gasteiger partial charge in [-0.15, -0.1) is 0 Å². The number of aliphatic hydroxyl groups excluding tert-OH is 1. The number of hydrogen-bond acceptors (Lipinski definition) is 7. The fourth-order valence-electron chi connectivity index (χ4n) is 3.14. The van der Waals surface area contributed by atoms with Crippen LogP contribution in [-0.4, -0.2) is 65.4 Å². The Kier molecular flexibility index (Phi) is 8.85. The van der Waals surface area contributed by atoms with Crippen molar-refractivity contribution >= 4 is 23.6 Å². The lowest BCUT2D eigenvalue weighted by Gasteiger charge is -2.31. The molecule has 0 spiro atoms. The number of carbonyl (C=O) groups is 3. The molecule has 10 heteroatoms. The van der Waals surface area contributed by atoms with E-state index in [9.17, 15) is 24.6 Å². The zero-order valence-electron chi connectivity index (χ0n) is 19.9. The van der Waals surface area contributed by atoms with E-state index in [-0.39, 0.29) is 11.3 Å². The van der Waals surface area contributed by atoms with Crippen LogP contribution in [0.2, 0.25) is 0 Å². The van der Waals surface area contributed by atoms with Gasteiger partial charge in [-0.25, -0.2) is 4.79 Å². The predicted octanol–water partition coefficient (Wildman–Crippen LogP) is 2.42. The van der Waals surface area contributed by atoms with E-state index < -0.39 is 42.2 Å². The maximum Gasteiger partial charge on any atom is 0.408 e. The van der Waals surface area contributed by atoms with E-state index in [1.807, 2.05) is 0 Å². The number of para-hydroxylation sites is 1. The van der Waals surface area contributed by atoms with Gasteiger partial charge in [-0.3, -0.25) is 9.59 Å². The molecule has 34 heavy (non-hydrogen) atoms. The molecule has 4 N–H and O–H groups in total. The highest BCUT2D eigenvalue weighted by atomic mass is 16.6. The average molecular weight is 474 g/mol. The van der Waals surface area contributed by atoms with Crippen molar-refractivity contribution in [2.45, 2.75) is 38.5 Å². The van der Waals surface area contributed by atoms with Crippen molar-refractivity contribution in [2.75, 3.05) is 26.1 Å². The Morgan fingerprint density at radius 1 is 1.06 bits per heavy atom. The van der Waals surface area contributed by atoms with Gasteiger partial charge in [0, 0.05) is 18.3 Å². The van der Waals surface area contributed by atoms with Crippen LogP contribution in [0.4, 0.5) is 10.5 Å². The van der Waals surface area contributed by atoms with Crippen LogP contribution in [0, 0.1) is 0 Å². The zero-order chi connectivity index (χ0) is 25.5. The number of aliphatic hydroxyl groups is 1. The predicted molar refractivity (Wildman–Crippen MR) is 125 cm³/mol. The number of alkyl carbamates (subject to hydrolysis) is 1. The normalized spacial score (nSPS) is 12.8. The Bertz CT molecular complexity index is 1000. The van der Waals surface area contributed by atoms with Crippen molar-refractivity contribution in [1.82, 2.24) is 10.2 Å². The molecule has 0 radical (unpaired) electrons. The molecule has 2 atom stereocenters. The minimum Gasteiger partial charge on any atom is -0.508 e. The molecule has 184 valence electrons. The van der Waals surface area contributed by atoms with E-state index in [1.54, 1.807) is 57.2 Å². The second kappa shape index (κ2) is 11.4. The maximum absolute atomic E-state index is 13.3. The zero-order valence-corrected chi connectivity index (χ0v) is 19.9. The Hall–Kier alpha value is -3.79. The molecule has 0 heterocycles. The lowest BCUT2D eigenvalue weighted by Crippen LogP contribution is -2.52. The molecule has 2 aromatic rings. The second-order valence-corrected chi connectivity index (χ2v) is 8.51. The smallest absolute Gasteiger partial charge is 0.408 e. The number of amides is 3. The van der Waals surface area contributed by atoms with Crippen LogP contribution in [0.3, 0.4) is 0 Å². The highest BCUT2D eigenvalue weighted by Gasteiger charge is 2.35. The summed E-state index contributed by atoms with van der Waals surface area (Å²) >= 11 is 0. The lowest BCUT2D eigenvalue weighted by atomic mass is 10.0. The van der Waals surface area contributed by atoms with Gasteiger partial charge in [0.25, 0.3) is 5.91 Å². The van der Waals surface area contributed by atoms with E-state index in [4.69, 9.17) is 9.47 Å². The molecule has 0 aliphatic rings. The van der Waals surface area contributed by atoms with Gasteiger partial charge in [-0.05, 0) is 51.1 Å². The summed E-state index contributed by atoms with van der Waals surface area (Å²) < 4.78 is 10.3. The molecule has 0 saturated carbocycles. The van der Waals surface area contributed by atoms with E-state index in [0.717, 1.165) is 4.90 Å². The number of methoxy groups -OCH3 is 1. The summed E-state index contributed by atoms with van der Waals surface area (Å²) in [5, 5.41) is 25.2. The van der Waals surface area contributed by atoms with Gasteiger partial charge in [0.05, 0.1) is 13.7 Å². The van der Waals surface area contributed by atoms with Gasteiger partial charge in [0.2, 0.25) is 5.91 Å². The van der Waals surface area contributed by atoms with E-state index >= 15 is 0 Å². The van der Waals surface area contributed by atoms with Crippen molar-refractivity contribution in [2.24, 2.45) is 0 Å². The number of nitrogens with zero attached hydrogens (tertiary/aromatic N) is 1. The highest BCUT2D eigenvalue weighted by Crippen LogP contribution is 2.30. The number of likely N-dealkylation sites (N-methyl/N-ethyl adjacent to an activating group) is 1. The van der Waals surface area contributed by atoms with Crippen LogP contribution in [0.25, 0.3) is 0 Å². The fraction of sp³-hybridized carbons (Fsp3) is 0.375. The summed E-state index contributed by atoms with van der Waals surface area (Å²) in [4.78, 5) is 39.6. The topological polar surface area (TPSA) is 137 Å². The Morgan fingerprint density at radius 3 is 2.21 bits per heavy atom. The molecule has 0 aliphatic heterocycles. The number of benzene rings is 2. The molecule has 0 bridgehead atoms. The Morgan fingerprint density at radius 2 is 1.68 bits per heavy atom. The van der Waals surface area contributed by atoms with E-state index in [0.29, 0.717) is 11.4 Å². The molecule has 2 aromatic carbocycles. The van der Waals surface area contributed by atoms with Gasteiger partial charge in [-0.2, -0.15) is 0 Å².